The molecule has 1 saturated carbocycles. The zero-order valence-corrected chi connectivity index (χ0v) is 12.2. The lowest BCUT2D eigenvalue weighted by molar-refractivity contribution is 0.0588. The van der Waals surface area contributed by atoms with E-state index in [1.165, 1.54) is 6.42 Å². The summed E-state index contributed by atoms with van der Waals surface area (Å²) >= 11 is 0. The van der Waals surface area contributed by atoms with Crippen LogP contribution in [0.3, 0.4) is 0 Å². The summed E-state index contributed by atoms with van der Waals surface area (Å²) in [6.07, 6.45) is 4.35. The van der Waals surface area contributed by atoms with E-state index >= 15 is 0 Å². The van der Waals surface area contributed by atoms with Crippen molar-refractivity contribution in [3.63, 3.8) is 0 Å². The van der Waals surface area contributed by atoms with Crippen LogP contribution >= 0.6 is 0 Å². The van der Waals surface area contributed by atoms with Crippen LogP contribution in [0.25, 0.3) is 0 Å². The van der Waals surface area contributed by atoms with E-state index in [0.717, 1.165) is 25.0 Å². The van der Waals surface area contributed by atoms with Crippen LogP contribution in [0.2, 0.25) is 0 Å². The highest BCUT2D eigenvalue weighted by atomic mass is 16.5. The van der Waals surface area contributed by atoms with E-state index in [1.807, 2.05) is 29.2 Å². The van der Waals surface area contributed by atoms with Crippen molar-refractivity contribution in [2.24, 2.45) is 5.73 Å². The first-order valence-corrected chi connectivity index (χ1v) is 7.50. The lowest BCUT2D eigenvalue weighted by Crippen LogP contribution is -2.46. The molecule has 1 aromatic rings. The molecular formula is C16H24N2O2. The fourth-order valence-corrected chi connectivity index (χ4v) is 2.39. The second-order valence-electron chi connectivity index (χ2n) is 5.25. The number of hydrogen-bond acceptors (Lipinski definition) is 3. The quantitative estimate of drug-likeness (QED) is 0.832. The highest BCUT2D eigenvalue weighted by Crippen LogP contribution is 2.26. The van der Waals surface area contributed by atoms with E-state index in [-0.39, 0.29) is 5.91 Å². The Bertz CT molecular complexity index is 444. The average Bonchev–Trinajstić information content (AvgIpc) is 2.42. The minimum atomic E-state index is 0.0714. The average molecular weight is 276 g/mol. The number of amides is 1. The van der Waals surface area contributed by atoms with Gasteiger partial charge in [-0.25, -0.2) is 0 Å². The van der Waals surface area contributed by atoms with E-state index in [9.17, 15) is 4.79 Å². The molecule has 1 aliphatic rings. The Balaban J connectivity index is 2.09. The Morgan fingerprint density at radius 2 is 2.25 bits per heavy atom. The van der Waals surface area contributed by atoms with Gasteiger partial charge in [0, 0.05) is 24.7 Å². The van der Waals surface area contributed by atoms with Crippen LogP contribution in [-0.2, 0) is 0 Å². The van der Waals surface area contributed by atoms with Gasteiger partial charge in [0.2, 0.25) is 0 Å². The predicted molar refractivity (Wildman–Crippen MR) is 80.0 cm³/mol. The molecule has 0 unspecified atom stereocenters. The number of benzene rings is 1. The van der Waals surface area contributed by atoms with E-state index in [4.69, 9.17) is 10.5 Å². The fraction of sp³-hybridized carbons (Fsp3) is 0.562. The maximum Gasteiger partial charge on any atom is 0.254 e. The Hall–Kier alpha value is -1.55. The molecular weight excluding hydrogens is 252 g/mol. The van der Waals surface area contributed by atoms with E-state index < -0.39 is 0 Å². The van der Waals surface area contributed by atoms with Crippen molar-refractivity contribution in [1.82, 2.24) is 4.90 Å². The van der Waals surface area contributed by atoms with E-state index in [1.54, 1.807) is 0 Å². The first-order chi connectivity index (χ1) is 9.76. The molecule has 0 aromatic heterocycles. The molecule has 1 aliphatic carbocycles. The summed E-state index contributed by atoms with van der Waals surface area (Å²) in [5.74, 6) is 0.834. The molecule has 1 amide bonds. The number of rotatable bonds is 7. The van der Waals surface area contributed by atoms with Crippen LogP contribution in [0.1, 0.15) is 43.0 Å². The molecule has 4 nitrogen and oxygen atoms in total. The summed E-state index contributed by atoms with van der Waals surface area (Å²) in [7, 11) is 0. The van der Waals surface area contributed by atoms with Crippen molar-refractivity contribution < 1.29 is 9.53 Å². The van der Waals surface area contributed by atoms with Crippen molar-refractivity contribution >= 4 is 5.91 Å². The second-order valence-corrected chi connectivity index (χ2v) is 5.25. The maximum atomic E-state index is 12.6. The molecule has 0 atom stereocenters. The first kappa shape index (κ1) is 14.9. The number of nitrogens with zero attached hydrogens (tertiary/aromatic N) is 1. The van der Waals surface area contributed by atoms with Gasteiger partial charge in [0.15, 0.2) is 0 Å². The molecule has 0 aliphatic heterocycles. The highest BCUT2D eigenvalue weighted by Gasteiger charge is 2.28. The highest BCUT2D eigenvalue weighted by molar-refractivity contribution is 5.94. The van der Waals surface area contributed by atoms with E-state index in [2.05, 4.69) is 6.92 Å². The van der Waals surface area contributed by atoms with Crippen molar-refractivity contribution in [2.45, 2.75) is 38.6 Å². The topological polar surface area (TPSA) is 55.6 Å². The Morgan fingerprint density at radius 1 is 1.45 bits per heavy atom. The predicted octanol–water partition coefficient (Wildman–Crippen LogP) is 2.43. The molecule has 0 spiro atoms. The van der Waals surface area contributed by atoms with Gasteiger partial charge in [0.1, 0.15) is 5.75 Å². The van der Waals surface area contributed by atoms with Gasteiger partial charge >= 0.3 is 0 Å². The zero-order valence-electron chi connectivity index (χ0n) is 12.2. The van der Waals surface area contributed by atoms with Gasteiger partial charge in [-0.3, -0.25) is 4.79 Å². The van der Waals surface area contributed by atoms with Crippen LogP contribution in [0, 0.1) is 0 Å². The fourth-order valence-electron chi connectivity index (χ4n) is 2.39. The summed E-state index contributed by atoms with van der Waals surface area (Å²) in [4.78, 5) is 14.5. The summed E-state index contributed by atoms with van der Waals surface area (Å²) in [5, 5.41) is 0. The van der Waals surface area contributed by atoms with Crippen LogP contribution in [-0.4, -0.2) is 36.5 Å². The van der Waals surface area contributed by atoms with Gasteiger partial charge in [0.25, 0.3) is 5.91 Å². The minimum Gasteiger partial charge on any atom is -0.494 e. The summed E-state index contributed by atoms with van der Waals surface area (Å²) in [6.45, 7) is 3.87. The molecule has 2 N–H and O–H groups in total. The number of ether oxygens (including phenoxy) is 1. The molecule has 4 heteroatoms. The molecule has 1 fully saturated rings. The van der Waals surface area contributed by atoms with Crippen LogP contribution in [0.15, 0.2) is 24.3 Å². The first-order valence-electron chi connectivity index (χ1n) is 7.50. The van der Waals surface area contributed by atoms with Gasteiger partial charge in [-0.15, -0.1) is 0 Å². The van der Waals surface area contributed by atoms with Crippen molar-refractivity contribution in [3.8, 4) is 5.75 Å². The van der Waals surface area contributed by atoms with Crippen LogP contribution < -0.4 is 10.5 Å². The van der Waals surface area contributed by atoms with Crippen molar-refractivity contribution in [3.05, 3.63) is 29.8 Å². The minimum absolute atomic E-state index is 0.0714. The van der Waals surface area contributed by atoms with Crippen LogP contribution in [0.5, 0.6) is 5.75 Å². The summed E-state index contributed by atoms with van der Waals surface area (Å²) < 4.78 is 5.59. The van der Waals surface area contributed by atoms with Gasteiger partial charge in [-0.2, -0.15) is 0 Å². The molecule has 20 heavy (non-hydrogen) atoms. The third-order valence-electron chi connectivity index (χ3n) is 3.70. The largest absolute Gasteiger partial charge is 0.494 e. The molecule has 1 aromatic carbocycles. The number of carbonyl (C=O) groups excluding carboxylic acids is 1. The molecule has 0 saturated heterocycles. The molecule has 0 bridgehead atoms. The molecule has 2 rings (SSSR count). The summed E-state index contributed by atoms with van der Waals surface area (Å²) in [5.41, 5.74) is 6.33. The Morgan fingerprint density at radius 3 is 2.85 bits per heavy atom. The SMILES string of the molecule is CCCOc1cccc(C(=O)N(CCN)C2CCC2)c1. The number of carbonyl (C=O) groups is 1. The van der Waals surface area contributed by atoms with Crippen molar-refractivity contribution in [2.75, 3.05) is 19.7 Å². The maximum absolute atomic E-state index is 12.6. The van der Waals surface area contributed by atoms with Gasteiger partial charge in [-0.1, -0.05) is 13.0 Å². The number of nitrogens with two attached hydrogens (primary N) is 1. The standard InChI is InChI=1S/C16H24N2O2/c1-2-11-20-15-8-3-5-13(12-15)16(19)18(10-9-17)14-6-4-7-14/h3,5,8,12,14H,2,4,6-7,9-11,17H2,1H3. The molecule has 0 heterocycles. The Kier molecular flexibility index (Phi) is 5.41. The normalized spacial score (nSPS) is 14.7. The van der Waals surface area contributed by atoms with E-state index in [0.29, 0.717) is 31.3 Å². The van der Waals surface area contributed by atoms with Crippen molar-refractivity contribution in [1.29, 1.82) is 0 Å². The van der Waals surface area contributed by atoms with Gasteiger partial charge < -0.3 is 15.4 Å². The zero-order chi connectivity index (χ0) is 14.4. The lowest BCUT2D eigenvalue weighted by Gasteiger charge is -2.37. The third kappa shape index (κ3) is 3.51. The van der Waals surface area contributed by atoms with Gasteiger partial charge in [0.05, 0.1) is 6.61 Å². The van der Waals surface area contributed by atoms with Crippen LogP contribution in [0.4, 0.5) is 0 Å². The summed E-state index contributed by atoms with van der Waals surface area (Å²) in [6, 6.07) is 7.82. The lowest BCUT2D eigenvalue weighted by atomic mass is 9.91. The smallest absolute Gasteiger partial charge is 0.254 e. The second kappa shape index (κ2) is 7.29. The Labute approximate surface area is 120 Å². The third-order valence-corrected chi connectivity index (χ3v) is 3.70. The van der Waals surface area contributed by atoms with Gasteiger partial charge in [-0.05, 0) is 43.9 Å². The molecule has 0 radical (unpaired) electrons. The number of hydrogen-bond donors (Lipinski definition) is 1. The monoisotopic (exact) mass is 276 g/mol. The molecule has 110 valence electrons.